The summed E-state index contributed by atoms with van der Waals surface area (Å²) in [6, 6.07) is 44.8. The van der Waals surface area contributed by atoms with Crippen molar-refractivity contribution in [3.8, 4) is 0 Å². The van der Waals surface area contributed by atoms with Crippen LogP contribution in [0.15, 0.2) is 144 Å². The van der Waals surface area contributed by atoms with Crippen LogP contribution in [-0.4, -0.2) is 0 Å². The van der Waals surface area contributed by atoms with Gasteiger partial charge in [-0.15, -0.1) is 0 Å². The summed E-state index contributed by atoms with van der Waals surface area (Å²) in [5, 5.41) is 5.82. The van der Waals surface area contributed by atoms with Crippen LogP contribution in [0.25, 0.3) is 0 Å². The lowest BCUT2D eigenvalue weighted by molar-refractivity contribution is 0.634. The minimum atomic E-state index is -0.508. The fourth-order valence-corrected chi connectivity index (χ4v) is 10.3. The molecule has 0 aromatic heterocycles. The molecule has 0 saturated carbocycles. The van der Waals surface area contributed by atoms with Gasteiger partial charge in [-0.2, -0.15) is 0 Å². The molecule has 4 rings (SSSR count). The highest BCUT2D eigenvalue weighted by Crippen LogP contribution is 2.40. The van der Waals surface area contributed by atoms with Gasteiger partial charge in [0.05, 0.1) is 0 Å². The first kappa shape index (κ1) is 35.1. The van der Waals surface area contributed by atoms with E-state index in [9.17, 15) is 0 Å². The molecule has 0 nitrogen and oxygen atoms in total. The largest absolute Gasteiger partial charge is 0.0691 e. The van der Waals surface area contributed by atoms with Crippen LogP contribution < -0.4 is 21.2 Å². The summed E-state index contributed by atoms with van der Waals surface area (Å²) in [5.74, 6) is 5.38. The zero-order chi connectivity index (χ0) is 31.4. The molecular weight excluding hydrogens is 578 g/mol. The highest BCUT2D eigenvalue weighted by Gasteiger charge is 2.15. The highest BCUT2D eigenvalue weighted by atomic mass is 31.1. The van der Waals surface area contributed by atoms with Gasteiger partial charge in [-0.25, -0.2) is 0 Å². The fourth-order valence-electron chi connectivity index (χ4n) is 5.92. The molecule has 0 radical (unpaired) electrons. The van der Waals surface area contributed by atoms with E-state index in [-0.39, 0.29) is 0 Å². The van der Waals surface area contributed by atoms with Crippen molar-refractivity contribution in [2.24, 2.45) is 0 Å². The lowest BCUT2D eigenvalue weighted by atomic mass is 9.99. The van der Waals surface area contributed by atoms with Crippen molar-refractivity contribution < 1.29 is 0 Å². The molecule has 4 aromatic carbocycles. The van der Waals surface area contributed by atoms with Gasteiger partial charge >= 0.3 is 0 Å². The predicted molar refractivity (Wildman–Crippen MR) is 206 cm³/mol. The van der Waals surface area contributed by atoms with Crippen LogP contribution in [-0.2, 0) is 0 Å². The summed E-state index contributed by atoms with van der Waals surface area (Å²) in [5.41, 5.74) is 3.34. The number of benzene rings is 4. The van der Waals surface area contributed by atoms with E-state index in [0.29, 0.717) is 0 Å². The van der Waals surface area contributed by atoms with Gasteiger partial charge in [-0.3, -0.25) is 0 Å². The smallest absolute Gasteiger partial charge is 0.0157 e. The molecule has 0 N–H and O–H groups in total. The number of rotatable bonds is 20. The molecule has 0 aliphatic heterocycles. The Hall–Kier alpha value is -2.78. The van der Waals surface area contributed by atoms with E-state index < -0.39 is 15.8 Å². The van der Waals surface area contributed by atoms with Gasteiger partial charge in [-0.1, -0.05) is 196 Å². The van der Waals surface area contributed by atoms with Crippen LogP contribution in [0, 0.1) is 0 Å². The molecule has 0 amide bonds. The lowest BCUT2D eigenvalue weighted by Gasteiger charge is -2.19. The first-order chi connectivity index (χ1) is 22.3. The van der Waals surface area contributed by atoms with Crippen LogP contribution in [0.3, 0.4) is 0 Å². The molecule has 0 atom stereocenters. The Morgan fingerprint density at radius 1 is 0.378 bits per heavy atom. The summed E-state index contributed by atoms with van der Waals surface area (Å²) >= 11 is 0. The molecule has 0 heterocycles. The van der Waals surface area contributed by atoms with Crippen molar-refractivity contribution >= 4 is 37.1 Å². The zero-order valence-corrected chi connectivity index (χ0v) is 29.6. The number of unbranched alkanes of at least 4 members (excludes halogenated alkanes) is 6. The Morgan fingerprint density at radius 2 is 0.667 bits per heavy atom. The summed E-state index contributed by atoms with van der Waals surface area (Å²) in [6.45, 7) is 4.63. The van der Waals surface area contributed by atoms with Crippen molar-refractivity contribution in [2.45, 2.75) is 97.3 Å². The maximum Gasteiger partial charge on any atom is -0.0157 e. The Balaban J connectivity index is 1.58. The highest BCUT2D eigenvalue weighted by molar-refractivity contribution is 7.76. The lowest BCUT2D eigenvalue weighted by Crippen LogP contribution is -2.10. The maximum absolute atomic E-state index is 2.69. The van der Waals surface area contributed by atoms with E-state index in [4.69, 9.17) is 0 Å². The van der Waals surface area contributed by atoms with Crippen LogP contribution in [0.2, 0.25) is 0 Å². The Kier molecular flexibility index (Phi) is 16.4. The molecule has 0 saturated heterocycles. The average Bonchev–Trinajstić information content (AvgIpc) is 3.10. The monoisotopic (exact) mass is 632 g/mol. The van der Waals surface area contributed by atoms with E-state index in [1.165, 1.54) is 105 Å². The molecule has 45 heavy (non-hydrogen) atoms. The molecule has 2 heteroatoms. The number of hydrogen-bond donors (Lipinski definition) is 0. The summed E-state index contributed by atoms with van der Waals surface area (Å²) in [6.07, 6.45) is 16.6. The SMILES string of the molecule is CCCCCC/C(=C/P(c1ccccc1)c1ccccc1)CCC/C(=C\P(c1ccccc1)c1ccccc1)CCCCCC. The molecule has 0 bridgehead atoms. The second kappa shape index (κ2) is 21.1. The third-order valence-electron chi connectivity index (χ3n) is 8.46. The van der Waals surface area contributed by atoms with Gasteiger partial charge in [0.15, 0.2) is 0 Å². The van der Waals surface area contributed by atoms with Crippen LogP contribution in [0.1, 0.15) is 97.3 Å². The third-order valence-corrected chi connectivity index (χ3v) is 13.1. The van der Waals surface area contributed by atoms with Gasteiger partial charge in [0.2, 0.25) is 0 Å². The summed E-state index contributed by atoms with van der Waals surface area (Å²) < 4.78 is 0. The van der Waals surface area contributed by atoms with Crippen molar-refractivity contribution in [2.75, 3.05) is 0 Å². The van der Waals surface area contributed by atoms with E-state index in [2.05, 4.69) is 147 Å². The Labute approximate surface area is 277 Å². The molecule has 236 valence electrons. The molecule has 0 unspecified atom stereocenters. The van der Waals surface area contributed by atoms with E-state index in [1.807, 2.05) is 0 Å². The molecule has 0 spiro atoms. The van der Waals surface area contributed by atoms with E-state index in [1.54, 1.807) is 11.1 Å². The van der Waals surface area contributed by atoms with E-state index in [0.717, 1.165) is 0 Å². The standard InChI is InChI=1S/C43H54P2/c1-3-5-7-13-24-38(36-44(40-28-15-9-16-29-40)41-30-17-10-18-31-41)26-23-27-39(25-14-8-6-4-2)37-45(42-32-19-11-20-33-42)43-34-21-12-22-35-43/h9-12,15-22,28-37H,3-8,13-14,23-27H2,1-2H3/b38-36-,39-37-. The van der Waals surface area contributed by atoms with Crippen molar-refractivity contribution in [3.05, 3.63) is 144 Å². The minimum Gasteiger partial charge on any atom is -0.0691 e. The van der Waals surface area contributed by atoms with Crippen molar-refractivity contribution in [3.63, 3.8) is 0 Å². The Morgan fingerprint density at radius 3 is 0.956 bits per heavy atom. The Bertz CT molecular complexity index is 1190. The zero-order valence-electron chi connectivity index (χ0n) is 27.8. The normalized spacial score (nSPS) is 12.3. The number of hydrogen-bond acceptors (Lipinski definition) is 0. The van der Waals surface area contributed by atoms with Crippen LogP contribution >= 0.6 is 15.8 Å². The average molecular weight is 633 g/mol. The first-order valence-electron chi connectivity index (χ1n) is 17.5. The minimum absolute atomic E-state index is 0.508. The molecule has 0 aliphatic carbocycles. The van der Waals surface area contributed by atoms with Gasteiger partial charge in [0, 0.05) is 0 Å². The second-order valence-corrected chi connectivity index (χ2v) is 16.2. The topological polar surface area (TPSA) is 0 Å². The first-order valence-corrected chi connectivity index (χ1v) is 20.3. The summed E-state index contributed by atoms with van der Waals surface area (Å²) in [7, 11) is -1.02. The molecule has 0 fully saturated rings. The number of allylic oxidation sites excluding steroid dienone is 2. The molecule has 4 aromatic rings. The van der Waals surface area contributed by atoms with Gasteiger partial charge in [-0.05, 0) is 82.0 Å². The van der Waals surface area contributed by atoms with Crippen molar-refractivity contribution in [1.29, 1.82) is 0 Å². The van der Waals surface area contributed by atoms with Crippen LogP contribution in [0.5, 0.6) is 0 Å². The van der Waals surface area contributed by atoms with Gasteiger partial charge in [0.1, 0.15) is 0 Å². The van der Waals surface area contributed by atoms with Gasteiger partial charge in [0.25, 0.3) is 0 Å². The maximum atomic E-state index is 2.69. The molecule has 0 aliphatic rings. The van der Waals surface area contributed by atoms with Gasteiger partial charge < -0.3 is 0 Å². The van der Waals surface area contributed by atoms with Crippen molar-refractivity contribution in [1.82, 2.24) is 0 Å². The quantitative estimate of drug-likeness (QED) is 0.0672. The predicted octanol–water partition coefficient (Wildman–Crippen LogP) is 12.1. The fraction of sp³-hybridized carbons (Fsp3) is 0.349. The summed E-state index contributed by atoms with van der Waals surface area (Å²) in [4.78, 5) is 0. The van der Waals surface area contributed by atoms with E-state index >= 15 is 0 Å². The molecular formula is C43H54P2. The second-order valence-electron chi connectivity index (χ2n) is 12.1. The van der Waals surface area contributed by atoms with Crippen LogP contribution in [0.4, 0.5) is 0 Å². The third kappa shape index (κ3) is 12.5.